The molecule has 0 unspecified atom stereocenters. The predicted octanol–water partition coefficient (Wildman–Crippen LogP) is 3.00. The first-order valence-corrected chi connectivity index (χ1v) is 7.68. The van der Waals surface area contributed by atoms with E-state index in [-0.39, 0.29) is 17.9 Å². The van der Waals surface area contributed by atoms with Crippen molar-refractivity contribution in [1.29, 1.82) is 0 Å². The Kier molecular flexibility index (Phi) is 5.51. The SMILES string of the molecule is CC(C)(C)[C@H](N)C(=O)NCc1cccnc1Oc1cccc(F)c1. The lowest BCUT2D eigenvalue weighted by molar-refractivity contribution is -0.124. The van der Waals surface area contributed by atoms with Crippen LogP contribution >= 0.6 is 0 Å². The van der Waals surface area contributed by atoms with Crippen LogP contribution in [0.3, 0.4) is 0 Å². The Morgan fingerprint density at radius 2 is 2.08 bits per heavy atom. The van der Waals surface area contributed by atoms with E-state index in [0.29, 0.717) is 17.2 Å². The molecule has 0 aliphatic rings. The van der Waals surface area contributed by atoms with Crippen LogP contribution < -0.4 is 15.8 Å². The van der Waals surface area contributed by atoms with Crippen LogP contribution in [0.15, 0.2) is 42.6 Å². The molecule has 3 N–H and O–H groups in total. The number of halogens is 1. The minimum Gasteiger partial charge on any atom is -0.439 e. The molecule has 0 fully saturated rings. The van der Waals surface area contributed by atoms with Gasteiger partial charge in [0.15, 0.2) is 0 Å². The van der Waals surface area contributed by atoms with Crippen molar-refractivity contribution in [2.75, 3.05) is 0 Å². The van der Waals surface area contributed by atoms with Crippen molar-refractivity contribution in [2.45, 2.75) is 33.4 Å². The number of carbonyl (C=O) groups is 1. The summed E-state index contributed by atoms with van der Waals surface area (Å²) in [6.07, 6.45) is 1.57. The number of hydrogen-bond acceptors (Lipinski definition) is 4. The average molecular weight is 331 g/mol. The van der Waals surface area contributed by atoms with Crippen LogP contribution in [-0.4, -0.2) is 16.9 Å². The summed E-state index contributed by atoms with van der Waals surface area (Å²) in [5, 5.41) is 2.78. The molecule has 128 valence electrons. The number of carbonyl (C=O) groups excluding carboxylic acids is 1. The summed E-state index contributed by atoms with van der Waals surface area (Å²) in [5.41, 5.74) is 6.28. The van der Waals surface area contributed by atoms with Gasteiger partial charge in [0.05, 0.1) is 6.04 Å². The molecule has 1 amide bonds. The first kappa shape index (κ1) is 17.9. The van der Waals surface area contributed by atoms with Crippen molar-refractivity contribution >= 4 is 5.91 Å². The number of aromatic nitrogens is 1. The number of rotatable bonds is 5. The predicted molar refractivity (Wildman–Crippen MR) is 90.0 cm³/mol. The van der Waals surface area contributed by atoms with E-state index in [0.717, 1.165) is 0 Å². The lowest BCUT2D eigenvalue weighted by atomic mass is 9.87. The summed E-state index contributed by atoms with van der Waals surface area (Å²) in [6.45, 7) is 5.93. The maximum absolute atomic E-state index is 13.3. The third-order valence-corrected chi connectivity index (χ3v) is 3.53. The smallest absolute Gasteiger partial charge is 0.237 e. The van der Waals surface area contributed by atoms with Gasteiger partial charge in [0.25, 0.3) is 0 Å². The maximum atomic E-state index is 13.3. The molecular formula is C18H22FN3O2. The number of pyridine rings is 1. The van der Waals surface area contributed by atoms with E-state index in [2.05, 4.69) is 10.3 Å². The highest BCUT2D eigenvalue weighted by Crippen LogP contribution is 2.23. The van der Waals surface area contributed by atoms with E-state index in [1.54, 1.807) is 30.5 Å². The quantitative estimate of drug-likeness (QED) is 0.883. The van der Waals surface area contributed by atoms with Crippen LogP contribution in [-0.2, 0) is 11.3 Å². The highest BCUT2D eigenvalue weighted by Gasteiger charge is 2.27. The number of amides is 1. The minimum absolute atomic E-state index is 0.223. The first-order valence-electron chi connectivity index (χ1n) is 7.68. The zero-order chi connectivity index (χ0) is 17.7. The van der Waals surface area contributed by atoms with E-state index in [1.165, 1.54) is 12.1 Å². The largest absolute Gasteiger partial charge is 0.439 e. The van der Waals surface area contributed by atoms with E-state index >= 15 is 0 Å². The number of benzene rings is 1. The molecule has 2 rings (SSSR count). The van der Waals surface area contributed by atoms with Gasteiger partial charge in [0, 0.05) is 24.4 Å². The Hall–Kier alpha value is -2.47. The summed E-state index contributed by atoms with van der Waals surface area (Å²) in [4.78, 5) is 16.3. The van der Waals surface area contributed by atoms with Gasteiger partial charge in [-0.1, -0.05) is 32.9 Å². The molecule has 1 aromatic carbocycles. The van der Waals surface area contributed by atoms with Gasteiger partial charge in [-0.05, 0) is 23.6 Å². The number of nitrogens with two attached hydrogens (primary N) is 1. The molecule has 0 saturated carbocycles. The van der Waals surface area contributed by atoms with Crippen molar-refractivity contribution in [3.05, 3.63) is 54.0 Å². The molecule has 1 aromatic heterocycles. The summed E-state index contributed by atoms with van der Waals surface area (Å²) in [7, 11) is 0. The van der Waals surface area contributed by atoms with E-state index in [9.17, 15) is 9.18 Å². The van der Waals surface area contributed by atoms with Gasteiger partial charge in [-0.3, -0.25) is 4.79 Å². The topological polar surface area (TPSA) is 77.2 Å². The molecule has 0 aliphatic carbocycles. The standard InChI is InChI=1S/C18H22FN3O2/c1-18(2,3)15(20)16(23)22-11-12-6-5-9-21-17(12)24-14-8-4-7-13(19)10-14/h4-10,15H,11,20H2,1-3H3,(H,22,23)/t15-/m1/s1. The molecule has 5 nitrogen and oxygen atoms in total. The number of nitrogens with one attached hydrogen (secondary N) is 1. The molecule has 0 bridgehead atoms. The molecule has 0 radical (unpaired) electrons. The van der Waals surface area contributed by atoms with Crippen molar-refractivity contribution in [2.24, 2.45) is 11.1 Å². The lowest BCUT2D eigenvalue weighted by Crippen LogP contribution is -2.48. The fourth-order valence-electron chi connectivity index (χ4n) is 1.98. The molecule has 0 spiro atoms. The summed E-state index contributed by atoms with van der Waals surface area (Å²) in [5.74, 6) is 0.0119. The first-order chi connectivity index (χ1) is 11.3. The summed E-state index contributed by atoms with van der Waals surface area (Å²) >= 11 is 0. The van der Waals surface area contributed by atoms with E-state index < -0.39 is 11.9 Å². The van der Waals surface area contributed by atoms with Gasteiger partial charge in [-0.2, -0.15) is 0 Å². The Morgan fingerprint density at radius 3 is 2.75 bits per heavy atom. The zero-order valence-electron chi connectivity index (χ0n) is 14.0. The normalized spacial score (nSPS) is 12.5. The van der Waals surface area contributed by atoms with Crippen molar-refractivity contribution in [1.82, 2.24) is 10.3 Å². The molecule has 0 aliphatic heterocycles. The third-order valence-electron chi connectivity index (χ3n) is 3.53. The van der Waals surface area contributed by atoms with Gasteiger partial charge < -0.3 is 15.8 Å². The second-order valence-corrected chi connectivity index (χ2v) is 6.59. The monoisotopic (exact) mass is 331 g/mol. The Balaban J connectivity index is 2.08. The highest BCUT2D eigenvalue weighted by molar-refractivity contribution is 5.82. The van der Waals surface area contributed by atoms with Gasteiger partial charge >= 0.3 is 0 Å². The van der Waals surface area contributed by atoms with Crippen LogP contribution in [0.2, 0.25) is 0 Å². The number of nitrogens with zero attached hydrogens (tertiary/aromatic N) is 1. The molecular weight excluding hydrogens is 309 g/mol. The van der Waals surface area contributed by atoms with Crippen molar-refractivity contribution in [3.8, 4) is 11.6 Å². The molecule has 1 heterocycles. The van der Waals surface area contributed by atoms with Gasteiger partial charge in [-0.15, -0.1) is 0 Å². The van der Waals surface area contributed by atoms with Gasteiger partial charge in [0.1, 0.15) is 11.6 Å². The molecule has 24 heavy (non-hydrogen) atoms. The average Bonchev–Trinajstić information content (AvgIpc) is 2.52. The highest BCUT2D eigenvalue weighted by atomic mass is 19.1. The number of ether oxygens (including phenoxy) is 1. The summed E-state index contributed by atoms with van der Waals surface area (Å²) < 4.78 is 18.9. The lowest BCUT2D eigenvalue weighted by Gasteiger charge is -2.25. The minimum atomic E-state index is -0.623. The Morgan fingerprint density at radius 1 is 1.33 bits per heavy atom. The second kappa shape index (κ2) is 7.40. The Bertz CT molecular complexity index is 713. The van der Waals surface area contributed by atoms with Crippen LogP contribution in [0, 0.1) is 11.2 Å². The van der Waals surface area contributed by atoms with E-state index in [1.807, 2.05) is 20.8 Å². The molecule has 2 aromatic rings. The summed E-state index contributed by atoms with van der Waals surface area (Å²) in [6, 6.07) is 8.69. The van der Waals surface area contributed by atoms with Crippen LogP contribution in [0.25, 0.3) is 0 Å². The van der Waals surface area contributed by atoms with Crippen molar-refractivity contribution < 1.29 is 13.9 Å². The van der Waals surface area contributed by atoms with E-state index in [4.69, 9.17) is 10.5 Å². The second-order valence-electron chi connectivity index (χ2n) is 6.59. The third kappa shape index (κ3) is 4.76. The van der Waals surface area contributed by atoms with Gasteiger partial charge in [-0.25, -0.2) is 9.37 Å². The fourth-order valence-corrected chi connectivity index (χ4v) is 1.98. The molecule has 0 saturated heterocycles. The number of hydrogen-bond donors (Lipinski definition) is 2. The zero-order valence-corrected chi connectivity index (χ0v) is 14.0. The Labute approximate surface area is 141 Å². The van der Waals surface area contributed by atoms with Crippen LogP contribution in [0.4, 0.5) is 4.39 Å². The molecule has 6 heteroatoms. The van der Waals surface area contributed by atoms with Crippen LogP contribution in [0.5, 0.6) is 11.6 Å². The van der Waals surface area contributed by atoms with Crippen LogP contribution in [0.1, 0.15) is 26.3 Å². The molecule has 1 atom stereocenters. The van der Waals surface area contributed by atoms with Gasteiger partial charge in [0.2, 0.25) is 11.8 Å². The fraction of sp³-hybridized carbons (Fsp3) is 0.333. The maximum Gasteiger partial charge on any atom is 0.237 e. The van der Waals surface area contributed by atoms with Crippen molar-refractivity contribution in [3.63, 3.8) is 0 Å².